The molecule has 0 unspecified atom stereocenters. The normalized spacial score (nSPS) is 12.6. The summed E-state index contributed by atoms with van der Waals surface area (Å²) in [5.74, 6) is -1.49. The van der Waals surface area contributed by atoms with Gasteiger partial charge in [0.25, 0.3) is 17.7 Å². The Labute approximate surface area is 178 Å². The number of benzene rings is 2. The van der Waals surface area contributed by atoms with Gasteiger partial charge < -0.3 is 4.74 Å². The number of rotatable bonds is 6. The van der Waals surface area contributed by atoms with Crippen molar-refractivity contribution < 1.29 is 23.9 Å². The van der Waals surface area contributed by atoms with Crippen molar-refractivity contribution in [3.05, 3.63) is 63.7 Å². The summed E-state index contributed by atoms with van der Waals surface area (Å²) in [6.07, 6.45) is -0.151. The number of aryl methyl sites for hydroxylation is 2. The second-order valence-corrected chi connectivity index (χ2v) is 7.19. The molecule has 1 heterocycles. The van der Waals surface area contributed by atoms with E-state index in [-0.39, 0.29) is 19.6 Å². The fourth-order valence-corrected chi connectivity index (χ4v) is 3.14. The second-order valence-electron chi connectivity index (χ2n) is 6.81. The number of carbonyl (C=O) groups excluding carboxylic acids is 4. The van der Waals surface area contributed by atoms with Crippen LogP contribution in [0.15, 0.2) is 36.4 Å². The molecule has 0 fully saturated rings. The Hall–Kier alpha value is -3.39. The number of fused-ring (bicyclic) bond motifs is 1. The first kappa shape index (κ1) is 21.3. The number of imide groups is 1. The molecule has 156 valence electrons. The van der Waals surface area contributed by atoms with E-state index in [4.69, 9.17) is 16.3 Å². The molecule has 2 N–H and O–H groups in total. The molecule has 0 radical (unpaired) electrons. The highest BCUT2D eigenvalue weighted by Crippen LogP contribution is 2.25. The number of nitrogens with zero attached hydrogens (tertiary/aromatic N) is 1. The van der Waals surface area contributed by atoms with Gasteiger partial charge >= 0.3 is 0 Å². The Balaban J connectivity index is 1.42. The van der Waals surface area contributed by atoms with E-state index in [2.05, 4.69) is 10.9 Å². The lowest BCUT2D eigenvalue weighted by molar-refractivity contribution is -0.130. The van der Waals surface area contributed by atoms with Gasteiger partial charge in [0.2, 0.25) is 5.91 Å². The van der Waals surface area contributed by atoms with Crippen LogP contribution in [0.3, 0.4) is 0 Å². The van der Waals surface area contributed by atoms with E-state index in [1.165, 1.54) is 0 Å². The minimum atomic E-state index is -0.561. The average Bonchev–Trinajstić information content (AvgIpc) is 2.97. The van der Waals surface area contributed by atoms with Crippen LogP contribution >= 0.6 is 11.6 Å². The molecule has 1 aliphatic heterocycles. The summed E-state index contributed by atoms with van der Waals surface area (Å²) < 4.78 is 5.40. The second kappa shape index (κ2) is 8.96. The van der Waals surface area contributed by atoms with Crippen molar-refractivity contribution in [2.75, 3.05) is 13.2 Å². The van der Waals surface area contributed by atoms with Gasteiger partial charge in [0, 0.05) is 18.0 Å². The molecule has 0 spiro atoms. The lowest BCUT2D eigenvalue weighted by Crippen LogP contribution is -2.45. The van der Waals surface area contributed by atoms with Crippen molar-refractivity contribution in [2.45, 2.75) is 20.3 Å². The summed E-state index contributed by atoms with van der Waals surface area (Å²) in [5.41, 5.74) is 6.76. The molecule has 2 aromatic rings. The van der Waals surface area contributed by atoms with Gasteiger partial charge in [-0.2, -0.15) is 0 Å². The zero-order chi connectivity index (χ0) is 21.8. The van der Waals surface area contributed by atoms with E-state index < -0.39 is 23.6 Å². The maximum atomic E-state index is 12.3. The van der Waals surface area contributed by atoms with Crippen LogP contribution in [0.1, 0.15) is 38.3 Å². The van der Waals surface area contributed by atoms with Crippen LogP contribution in [-0.2, 0) is 9.59 Å². The van der Waals surface area contributed by atoms with Crippen LogP contribution in [0.25, 0.3) is 0 Å². The first-order valence-electron chi connectivity index (χ1n) is 9.20. The van der Waals surface area contributed by atoms with Crippen LogP contribution in [0, 0.1) is 13.8 Å². The van der Waals surface area contributed by atoms with Crippen LogP contribution in [0.2, 0.25) is 5.02 Å². The van der Waals surface area contributed by atoms with Crippen LogP contribution in [0.5, 0.6) is 5.75 Å². The molecule has 1 aliphatic rings. The smallest absolute Gasteiger partial charge is 0.276 e. The lowest BCUT2D eigenvalue weighted by atomic mass is 10.1. The SMILES string of the molecule is Cc1cc(OCC(=O)NNC(=O)CCN2C(=O)c3ccccc3C2=O)cc(C)c1Cl. The van der Waals surface area contributed by atoms with Gasteiger partial charge in [0.15, 0.2) is 6.61 Å². The Morgan fingerprint density at radius 2 is 1.50 bits per heavy atom. The summed E-state index contributed by atoms with van der Waals surface area (Å²) in [6.45, 7) is 3.26. The molecular formula is C21H20ClN3O5. The van der Waals surface area contributed by atoms with E-state index >= 15 is 0 Å². The molecule has 30 heavy (non-hydrogen) atoms. The largest absolute Gasteiger partial charge is 0.484 e. The van der Waals surface area contributed by atoms with E-state index in [0.717, 1.165) is 16.0 Å². The summed E-state index contributed by atoms with van der Waals surface area (Å²) in [6, 6.07) is 9.90. The molecule has 2 aromatic carbocycles. The van der Waals surface area contributed by atoms with Crippen LogP contribution < -0.4 is 15.6 Å². The summed E-state index contributed by atoms with van der Waals surface area (Å²) in [4.78, 5) is 49.4. The number of hydrogen-bond donors (Lipinski definition) is 2. The number of ether oxygens (including phenoxy) is 1. The molecule has 9 heteroatoms. The summed E-state index contributed by atoms with van der Waals surface area (Å²) >= 11 is 6.09. The van der Waals surface area contributed by atoms with Gasteiger partial charge in [-0.1, -0.05) is 23.7 Å². The van der Waals surface area contributed by atoms with Crippen molar-refractivity contribution in [3.63, 3.8) is 0 Å². The van der Waals surface area contributed by atoms with Crippen molar-refractivity contribution in [1.82, 2.24) is 15.8 Å². The van der Waals surface area contributed by atoms with Gasteiger partial charge in [-0.25, -0.2) is 0 Å². The number of hydrogen-bond acceptors (Lipinski definition) is 5. The number of carbonyl (C=O) groups is 4. The molecule has 0 bridgehead atoms. The molecule has 4 amide bonds. The fourth-order valence-electron chi connectivity index (χ4n) is 3.03. The van der Waals surface area contributed by atoms with Crippen molar-refractivity contribution in [2.24, 2.45) is 0 Å². The predicted octanol–water partition coefficient (Wildman–Crippen LogP) is 2.17. The molecule has 0 aliphatic carbocycles. The number of hydrazine groups is 1. The quantitative estimate of drug-likeness (QED) is 0.541. The zero-order valence-electron chi connectivity index (χ0n) is 16.5. The standard InChI is InChI=1S/C21H20ClN3O5/c1-12-9-14(10-13(2)19(12)22)30-11-18(27)24-23-17(26)7-8-25-20(28)15-5-3-4-6-16(15)21(25)29/h3-6,9-10H,7-8,11H2,1-2H3,(H,23,26)(H,24,27). The topological polar surface area (TPSA) is 105 Å². The lowest BCUT2D eigenvalue weighted by Gasteiger charge is -2.14. The molecule has 0 saturated carbocycles. The van der Waals surface area contributed by atoms with Gasteiger partial charge in [-0.15, -0.1) is 0 Å². The monoisotopic (exact) mass is 429 g/mol. The third-order valence-electron chi connectivity index (χ3n) is 4.56. The highest BCUT2D eigenvalue weighted by Gasteiger charge is 2.34. The van der Waals surface area contributed by atoms with Crippen LogP contribution in [-0.4, -0.2) is 41.7 Å². The number of nitrogens with one attached hydrogen (secondary N) is 2. The predicted molar refractivity (Wildman–Crippen MR) is 109 cm³/mol. The first-order chi connectivity index (χ1) is 14.3. The fraction of sp³-hybridized carbons (Fsp3) is 0.238. The third kappa shape index (κ3) is 4.60. The molecule has 0 atom stereocenters. The maximum absolute atomic E-state index is 12.3. The van der Waals surface area contributed by atoms with Gasteiger partial charge in [-0.3, -0.25) is 34.9 Å². The maximum Gasteiger partial charge on any atom is 0.276 e. The molecular weight excluding hydrogens is 410 g/mol. The average molecular weight is 430 g/mol. The Kier molecular flexibility index (Phi) is 6.37. The van der Waals surface area contributed by atoms with Crippen LogP contribution in [0.4, 0.5) is 0 Å². The molecule has 3 rings (SSSR count). The van der Waals surface area contributed by atoms with E-state index in [1.54, 1.807) is 36.4 Å². The summed E-state index contributed by atoms with van der Waals surface area (Å²) in [7, 11) is 0. The van der Waals surface area contributed by atoms with Crippen molar-refractivity contribution >= 4 is 35.2 Å². The Morgan fingerprint density at radius 1 is 0.967 bits per heavy atom. The van der Waals surface area contributed by atoms with Gasteiger partial charge in [0.05, 0.1) is 11.1 Å². The van der Waals surface area contributed by atoms with E-state index in [9.17, 15) is 19.2 Å². The zero-order valence-corrected chi connectivity index (χ0v) is 17.2. The van der Waals surface area contributed by atoms with Crippen molar-refractivity contribution in [1.29, 1.82) is 0 Å². The third-order valence-corrected chi connectivity index (χ3v) is 5.16. The number of amides is 4. The molecule has 0 aromatic heterocycles. The van der Waals surface area contributed by atoms with E-state index in [0.29, 0.717) is 21.9 Å². The van der Waals surface area contributed by atoms with Crippen molar-refractivity contribution in [3.8, 4) is 5.75 Å². The Morgan fingerprint density at radius 3 is 2.07 bits per heavy atom. The first-order valence-corrected chi connectivity index (χ1v) is 9.58. The minimum Gasteiger partial charge on any atom is -0.484 e. The highest BCUT2D eigenvalue weighted by atomic mass is 35.5. The van der Waals surface area contributed by atoms with Gasteiger partial charge in [0.1, 0.15) is 5.75 Å². The molecule has 8 nitrogen and oxygen atoms in total. The van der Waals surface area contributed by atoms with Gasteiger partial charge in [-0.05, 0) is 49.2 Å². The summed E-state index contributed by atoms with van der Waals surface area (Å²) in [5, 5.41) is 0.636. The minimum absolute atomic E-state index is 0.0894. The molecule has 0 saturated heterocycles. The Bertz CT molecular complexity index is 979. The number of halogens is 1. The highest BCUT2D eigenvalue weighted by molar-refractivity contribution is 6.32. The van der Waals surface area contributed by atoms with E-state index in [1.807, 2.05) is 13.8 Å².